The summed E-state index contributed by atoms with van der Waals surface area (Å²) in [5.41, 5.74) is 0. The van der Waals surface area contributed by atoms with Crippen molar-refractivity contribution in [2.45, 2.75) is 46.1 Å². The van der Waals surface area contributed by atoms with Crippen LogP contribution in [-0.2, 0) is 0 Å². The molecule has 1 saturated heterocycles. The van der Waals surface area contributed by atoms with Gasteiger partial charge >= 0.3 is 0 Å². The molecule has 74 valence electrons. The summed E-state index contributed by atoms with van der Waals surface area (Å²) in [6.07, 6.45) is 4.22. The second-order valence-corrected chi connectivity index (χ2v) is 3.52. The zero-order valence-electron chi connectivity index (χ0n) is 8.82. The lowest BCUT2D eigenvalue weighted by molar-refractivity contribution is 0.520. The van der Waals surface area contributed by atoms with Crippen molar-refractivity contribution in [3.05, 3.63) is 0 Å². The molecule has 0 spiro atoms. The van der Waals surface area contributed by atoms with Gasteiger partial charge in [-0.05, 0) is 32.5 Å². The van der Waals surface area contributed by atoms with Crippen molar-refractivity contribution in [1.82, 2.24) is 10.6 Å². The minimum Gasteiger partial charge on any atom is -0.317 e. The molecule has 2 N–H and O–H groups in total. The fourth-order valence-corrected chi connectivity index (χ4v) is 1.21. The first kappa shape index (κ1) is 11.9. The third-order valence-corrected chi connectivity index (χ3v) is 1.82. The maximum absolute atomic E-state index is 3.28. The van der Waals surface area contributed by atoms with Gasteiger partial charge in [-0.3, -0.25) is 0 Å². The lowest BCUT2D eigenvalue weighted by Gasteiger charge is -2.08. The van der Waals surface area contributed by atoms with Crippen molar-refractivity contribution in [3.8, 4) is 0 Å². The van der Waals surface area contributed by atoms with Crippen molar-refractivity contribution in [2.24, 2.45) is 0 Å². The second-order valence-electron chi connectivity index (χ2n) is 3.52. The lowest BCUT2D eigenvalue weighted by atomic mass is 10.2. The van der Waals surface area contributed by atoms with E-state index in [9.17, 15) is 0 Å². The summed E-state index contributed by atoms with van der Waals surface area (Å²) in [6.45, 7) is 9.98. The molecule has 0 amide bonds. The predicted octanol–water partition coefficient (Wildman–Crippen LogP) is 1.76. The quantitative estimate of drug-likeness (QED) is 0.663. The Balaban J connectivity index is 0.000000202. The molecule has 12 heavy (non-hydrogen) atoms. The average Bonchev–Trinajstić information content (AvgIpc) is 2.08. The van der Waals surface area contributed by atoms with E-state index in [-0.39, 0.29) is 0 Å². The monoisotopic (exact) mass is 172 g/mol. The van der Waals surface area contributed by atoms with E-state index in [0.29, 0.717) is 6.04 Å². The van der Waals surface area contributed by atoms with Gasteiger partial charge in [0.05, 0.1) is 0 Å². The molecule has 0 aliphatic carbocycles. The summed E-state index contributed by atoms with van der Waals surface area (Å²) in [4.78, 5) is 0. The Bertz CT molecular complexity index is 66.4. The molecule has 0 atom stereocenters. The molecular formula is C10H24N2. The number of hydrogen-bond donors (Lipinski definition) is 2. The number of hydrogen-bond acceptors (Lipinski definition) is 2. The second kappa shape index (κ2) is 9.01. The molecule has 1 rings (SSSR count). The highest BCUT2D eigenvalue weighted by atomic mass is 14.9. The highest BCUT2D eigenvalue weighted by Gasteiger charge is 1.93. The fourth-order valence-electron chi connectivity index (χ4n) is 1.21. The molecule has 0 saturated carbocycles. The fraction of sp³-hybridized carbons (Fsp3) is 1.00. The van der Waals surface area contributed by atoms with Crippen LogP contribution in [0.5, 0.6) is 0 Å². The molecule has 1 aliphatic heterocycles. The van der Waals surface area contributed by atoms with Gasteiger partial charge < -0.3 is 10.6 Å². The van der Waals surface area contributed by atoms with E-state index in [2.05, 4.69) is 31.4 Å². The Kier molecular flexibility index (Phi) is 8.95. The van der Waals surface area contributed by atoms with E-state index in [1.807, 2.05) is 0 Å². The summed E-state index contributed by atoms with van der Waals surface area (Å²) in [5.74, 6) is 0. The van der Waals surface area contributed by atoms with Crippen LogP contribution in [0.15, 0.2) is 0 Å². The van der Waals surface area contributed by atoms with Gasteiger partial charge in [-0.25, -0.2) is 0 Å². The first-order chi connectivity index (χ1) is 5.77. The summed E-state index contributed by atoms with van der Waals surface area (Å²) in [7, 11) is 0. The van der Waals surface area contributed by atoms with Gasteiger partial charge in [0.25, 0.3) is 0 Å². The van der Waals surface area contributed by atoms with Gasteiger partial charge in [-0.1, -0.05) is 27.2 Å². The summed E-state index contributed by atoms with van der Waals surface area (Å²) < 4.78 is 0. The van der Waals surface area contributed by atoms with Crippen LogP contribution in [0.2, 0.25) is 0 Å². The molecule has 0 bridgehead atoms. The van der Waals surface area contributed by atoms with E-state index in [4.69, 9.17) is 0 Å². The number of nitrogens with one attached hydrogen (secondary N) is 2. The Labute approximate surface area is 77.1 Å². The molecule has 0 aromatic heterocycles. The van der Waals surface area contributed by atoms with Gasteiger partial charge in [-0.15, -0.1) is 0 Å². The molecule has 0 aromatic rings. The van der Waals surface area contributed by atoms with Crippen molar-refractivity contribution in [2.75, 3.05) is 19.6 Å². The topological polar surface area (TPSA) is 24.1 Å². The Morgan fingerprint density at radius 2 is 1.75 bits per heavy atom. The molecular weight excluding hydrogens is 148 g/mol. The van der Waals surface area contributed by atoms with Crippen LogP contribution in [0.1, 0.15) is 40.0 Å². The van der Waals surface area contributed by atoms with E-state index >= 15 is 0 Å². The van der Waals surface area contributed by atoms with Crippen LogP contribution in [0.3, 0.4) is 0 Å². The largest absolute Gasteiger partial charge is 0.317 e. The standard InChI is InChI=1S/C5H11N.C5H13N/c1-2-4-6-5-3-1;1-4-6-5(2)3/h6H,1-5H2;5-6H,4H2,1-3H3. The molecule has 0 radical (unpaired) electrons. The maximum Gasteiger partial charge on any atom is 0.00102 e. The van der Waals surface area contributed by atoms with Gasteiger partial charge in [-0.2, -0.15) is 0 Å². The van der Waals surface area contributed by atoms with Gasteiger partial charge in [0.2, 0.25) is 0 Å². The van der Waals surface area contributed by atoms with Crippen LogP contribution >= 0.6 is 0 Å². The third kappa shape index (κ3) is 9.92. The predicted molar refractivity (Wildman–Crippen MR) is 55.5 cm³/mol. The van der Waals surface area contributed by atoms with Crippen molar-refractivity contribution in [1.29, 1.82) is 0 Å². The smallest absolute Gasteiger partial charge is 0.00102 e. The molecule has 1 fully saturated rings. The first-order valence-corrected chi connectivity index (χ1v) is 5.21. The van der Waals surface area contributed by atoms with Crippen molar-refractivity contribution >= 4 is 0 Å². The SMILES string of the molecule is C1CCNCC1.CCNC(C)C. The molecule has 2 heteroatoms. The van der Waals surface area contributed by atoms with Crippen LogP contribution < -0.4 is 10.6 Å². The highest BCUT2D eigenvalue weighted by Crippen LogP contribution is 1.96. The first-order valence-electron chi connectivity index (χ1n) is 5.21. The Morgan fingerprint density at radius 3 is 1.83 bits per heavy atom. The van der Waals surface area contributed by atoms with E-state index in [1.165, 1.54) is 32.4 Å². The number of piperidine rings is 1. The Hall–Kier alpha value is -0.0800. The van der Waals surface area contributed by atoms with Gasteiger partial charge in [0.15, 0.2) is 0 Å². The molecule has 0 unspecified atom stereocenters. The average molecular weight is 172 g/mol. The van der Waals surface area contributed by atoms with E-state index < -0.39 is 0 Å². The highest BCUT2D eigenvalue weighted by molar-refractivity contribution is 4.55. The van der Waals surface area contributed by atoms with Crippen LogP contribution in [-0.4, -0.2) is 25.7 Å². The summed E-state index contributed by atoms with van der Waals surface area (Å²) >= 11 is 0. The molecule has 1 aliphatic rings. The molecule has 0 aromatic carbocycles. The van der Waals surface area contributed by atoms with Crippen molar-refractivity contribution in [3.63, 3.8) is 0 Å². The maximum atomic E-state index is 3.28. The van der Waals surface area contributed by atoms with E-state index in [1.54, 1.807) is 0 Å². The third-order valence-electron chi connectivity index (χ3n) is 1.82. The minimum absolute atomic E-state index is 0.648. The van der Waals surface area contributed by atoms with Crippen LogP contribution in [0, 0.1) is 0 Å². The summed E-state index contributed by atoms with van der Waals surface area (Å²) in [6, 6.07) is 0.648. The van der Waals surface area contributed by atoms with Crippen LogP contribution in [0.4, 0.5) is 0 Å². The normalized spacial score (nSPS) is 17.0. The lowest BCUT2D eigenvalue weighted by Crippen LogP contribution is -2.21. The minimum atomic E-state index is 0.648. The molecule has 1 heterocycles. The van der Waals surface area contributed by atoms with Gasteiger partial charge in [0.1, 0.15) is 0 Å². The zero-order chi connectivity index (χ0) is 9.23. The number of rotatable bonds is 2. The Morgan fingerprint density at radius 1 is 1.17 bits per heavy atom. The van der Waals surface area contributed by atoms with Gasteiger partial charge in [0, 0.05) is 6.04 Å². The summed E-state index contributed by atoms with van der Waals surface area (Å²) in [5, 5.41) is 6.49. The van der Waals surface area contributed by atoms with Crippen molar-refractivity contribution < 1.29 is 0 Å². The molecule has 2 nitrogen and oxygen atoms in total. The van der Waals surface area contributed by atoms with E-state index in [0.717, 1.165) is 6.54 Å². The van der Waals surface area contributed by atoms with Crippen LogP contribution in [0.25, 0.3) is 0 Å². The zero-order valence-corrected chi connectivity index (χ0v) is 8.82.